The minimum absolute atomic E-state index is 0.00430. The third-order valence-corrected chi connectivity index (χ3v) is 4.77. The van der Waals surface area contributed by atoms with Crippen LogP contribution in [0.2, 0.25) is 0 Å². The van der Waals surface area contributed by atoms with Gasteiger partial charge in [-0.15, -0.1) is 0 Å². The molecule has 6 heteroatoms. The van der Waals surface area contributed by atoms with Gasteiger partial charge < -0.3 is 15.2 Å². The largest absolute Gasteiger partial charge is 0.365 e. The van der Waals surface area contributed by atoms with Crippen LogP contribution in [0.3, 0.4) is 0 Å². The molecule has 0 radical (unpaired) electrons. The molecule has 1 saturated carbocycles. The minimum atomic E-state index is 0.00430. The molecule has 23 heavy (non-hydrogen) atoms. The lowest BCUT2D eigenvalue weighted by molar-refractivity contribution is -0.127. The smallest absolute Gasteiger partial charge is 0.246 e. The van der Waals surface area contributed by atoms with Gasteiger partial charge in [-0.1, -0.05) is 6.58 Å². The Hall–Kier alpha value is -2.37. The Balaban J connectivity index is 1.58. The Bertz CT molecular complexity index is 749. The number of fused-ring (bicyclic) bond motifs is 1. The first-order valence-electron chi connectivity index (χ1n) is 8.26. The van der Waals surface area contributed by atoms with Crippen LogP contribution in [0.4, 0.5) is 5.82 Å². The molecule has 2 aromatic rings. The number of amides is 1. The van der Waals surface area contributed by atoms with E-state index in [0.29, 0.717) is 12.5 Å². The number of hydrogen-bond donors (Lipinski definition) is 2. The van der Waals surface area contributed by atoms with E-state index in [9.17, 15) is 4.79 Å². The molecule has 2 aromatic heterocycles. The van der Waals surface area contributed by atoms with Crippen molar-refractivity contribution in [1.29, 1.82) is 0 Å². The van der Waals surface area contributed by atoms with E-state index in [2.05, 4.69) is 33.0 Å². The topological polar surface area (TPSA) is 73.9 Å². The highest BCUT2D eigenvalue weighted by molar-refractivity contribution is 5.91. The molecule has 120 valence electrons. The van der Waals surface area contributed by atoms with Gasteiger partial charge in [0.2, 0.25) is 5.91 Å². The first kappa shape index (κ1) is 14.2. The van der Waals surface area contributed by atoms with Crippen molar-refractivity contribution in [1.82, 2.24) is 19.9 Å². The van der Waals surface area contributed by atoms with Crippen molar-refractivity contribution in [2.75, 3.05) is 18.4 Å². The van der Waals surface area contributed by atoms with E-state index in [1.807, 2.05) is 4.90 Å². The average Bonchev–Trinajstić information content (AvgIpc) is 3.33. The maximum Gasteiger partial charge on any atom is 0.246 e. The lowest BCUT2D eigenvalue weighted by atomic mass is 10.0. The Morgan fingerprint density at radius 2 is 2.26 bits per heavy atom. The van der Waals surface area contributed by atoms with Crippen molar-refractivity contribution >= 4 is 22.8 Å². The highest BCUT2D eigenvalue weighted by Gasteiger charge is 2.29. The lowest BCUT2D eigenvalue weighted by Gasteiger charge is -2.32. The molecule has 1 amide bonds. The first-order chi connectivity index (χ1) is 11.3. The summed E-state index contributed by atoms with van der Waals surface area (Å²) in [5.41, 5.74) is 2.21. The Morgan fingerprint density at radius 1 is 1.39 bits per heavy atom. The number of carbonyl (C=O) groups excluding carboxylic acids is 1. The number of nitrogens with zero attached hydrogens (tertiary/aromatic N) is 3. The summed E-state index contributed by atoms with van der Waals surface area (Å²) in [4.78, 5) is 25.8. The zero-order valence-electron chi connectivity index (χ0n) is 13.1. The highest BCUT2D eigenvalue weighted by Crippen LogP contribution is 2.44. The number of H-pyrrole nitrogens is 1. The van der Waals surface area contributed by atoms with E-state index in [-0.39, 0.29) is 11.9 Å². The molecule has 1 aliphatic heterocycles. The molecule has 3 heterocycles. The van der Waals surface area contributed by atoms with E-state index < -0.39 is 0 Å². The van der Waals surface area contributed by atoms with Gasteiger partial charge in [-0.05, 0) is 43.2 Å². The van der Waals surface area contributed by atoms with Crippen LogP contribution < -0.4 is 5.32 Å². The number of rotatable bonds is 4. The molecular formula is C17H21N5O. The normalized spacial score (nSPS) is 21.4. The fourth-order valence-corrected chi connectivity index (χ4v) is 3.43. The number of aromatic amines is 1. The number of carbonyl (C=O) groups is 1. The second kappa shape index (κ2) is 5.68. The van der Waals surface area contributed by atoms with Crippen LogP contribution in [0.25, 0.3) is 11.0 Å². The summed E-state index contributed by atoms with van der Waals surface area (Å²) in [5, 5.41) is 4.66. The fraction of sp³-hybridized carbons (Fsp3) is 0.471. The molecule has 2 aliphatic rings. The van der Waals surface area contributed by atoms with Gasteiger partial charge in [0, 0.05) is 25.3 Å². The van der Waals surface area contributed by atoms with Crippen LogP contribution in [0.15, 0.2) is 25.2 Å². The predicted octanol–water partition coefficient (Wildman–Crippen LogP) is 2.42. The molecule has 6 nitrogen and oxygen atoms in total. The molecule has 0 spiro atoms. The molecule has 1 atom stereocenters. The zero-order valence-corrected chi connectivity index (χ0v) is 13.1. The summed E-state index contributed by atoms with van der Waals surface area (Å²) in [6.07, 6.45) is 9.56. The summed E-state index contributed by atoms with van der Waals surface area (Å²) in [5.74, 6) is 1.53. The second-order valence-electron chi connectivity index (χ2n) is 6.44. The quantitative estimate of drug-likeness (QED) is 0.851. The monoisotopic (exact) mass is 311 g/mol. The van der Waals surface area contributed by atoms with E-state index in [4.69, 9.17) is 0 Å². The molecule has 0 aromatic carbocycles. The summed E-state index contributed by atoms with van der Waals surface area (Å²) < 4.78 is 0. The number of aromatic nitrogens is 3. The van der Waals surface area contributed by atoms with Crippen molar-refractivity contribution in [3.05, 3.63) is 30.7 Å². The summed E-state index contributed by atoms with van der Waals surface area (Å²) >= 11 is 0. The average molecular weight is 311 g/mol. The van der Waals surface area contributed by atoms with Gasteiger partial charge in [-0.3, -0.25) is 4.79 Å². The minimum Gasteiger partial charge on any atom is -0.365 e. The summed E-state index contributed by atoms with van der Waals surface area (Å²) in [6.45, 7) is 5.08. The summed E-state index contributed by atoms with van der Waals surface area (Å²) in [6, 6.07) is 0.215. The molecule has 2 fully saturated rings. The molecular weight excluding hydrogens is 290 g/mol. The maximum atomic E-state index is 11.8. The third-order valence-electron chi connectivity index (χ3n) is 4.77. The zero-order chi connectivity index (χ0) is 15.8. The molecule has 4 rings (SSSR count). The van der Waals surface area contributed by atoms with E-state index in [1.165, 1.54) is 24.5 Å². The Kier molecular flexibility index (Phi) is 3.52. The Morgan fingerprint density at radius 3 is 3.04 bits per heavy atom. The van der Waals surface area contributed by atoms with Crippen LogP contribution in [-0.4, -0.2) is 44.9 Å². The number of piperidine rings is 1. The number of hydrogen-bond acceptors (Lipinski definition) is 4. The second-order valence-corrected chi connectivity index (χ2v) is 6.44. The Labute approximate surface area is 135 Å². The molecule has 2 N–H and O–H groups in total. The lowest BCUT2D eigenvalue weighted by Crippen LogP contribution is -2.44. The number of likely N-dealkylation sites (tertiary alicyclic amines) is 1. The van der Waals surface area contributed by atoms with Gasteiger partial charge in [0.1, 0.15) is 17.8 Å². The van der Waals surface area contributed by atoms with Crippen molar-refractivity contribution < 1.29 is 4.79 Å². The van der Waals surface area contributed by atoms with Gasteiger partial charge in [0.05, 0.1) is 5.39 Å². The van der Waals surface area contributed by atoms with E-state index in [0.717, 1.165) is 36.2 Å². The van der Waals surface area contributed by atoms with Crippen LogP contribution in [0.1, 0.15) is 37.2 Å². The fourth-order valence-electron chi connectivity index (χ4n) is 3.43. The predicted molar refractivity (Wildman–Crippen MR) is 89.3 cm³/mol. The standard InChI is InChI=1S/C17H21N5O/c1-2-14(23)22-7-3-4-12(9-22)21-17-15-13(11-5-6-11)8-18-16(15)19-10-20-17/h2,8,10-12H,1,3-7,9H2,(H2,18,19,20,21)/t12-/m1/s1. The van der Waals surface area contributed by atoms with Crippen LogP contribution in [0.5, 0.6) is 0 Å². The molecule has 0 unspecified atom stereocenters. The van der Waals surface area contributed by atoms with Gasteiger partial charge in [0.15, 0.2) is 0 Å². The number of nitrogens with one attached hydrogen (secondary N) is 2. The molecule has 0 bridgehead atoms. The van der Waals surface area contributed by atoms with Crippen molar-refractivity contribution in [3.8, 4) is 0 Å². The van der Waals surface area contributed by atoms with Gasteiger partial charge in [-0.25, -0.2) is 9.97 Å². The van der Waals surface area contributed by atoms with Crippen LogP contribution in [0, 0.1) is 0 Å². The van der Waals surface area contributed by atoms with E-state index in [1.54, 1.807) is 6.33 Å². The van der Waals surface area contributed by atoms with Crippen LogP contribution >= 0.6 is 0 Å². The van der Waals surface area contributed by atoms with Gasteiger partial charge >= 0.3 is 0 Å². The maximum absolute atomic E-state index is 11.8. The molecule has 1 saturated heterocycles. The number of anilines is 1. The SMILES string of the molecule is C=CC(=O)N1CCC[C@@H](Nc2ncnc3[nH]cc(C4CC4)c23)C1. The van der Waals surface area contributed by atoms with Crippen molar-refractivity contribution in [3.63, 3.8) is 0 Å². The summed E-state index contributed by atoms with van der Waals surface area (Å²) in [7, 11) is 0. The van der Waals surface area contributed by atoms with Crippen molar-refractivity contribution in [2.45, 2.75) is 37.6 Å². The van der Waals surface area contributed by atoms with Crippen LogP contribution in [-0.2, 0) is 4.79 Å². The first-order valence-corrected chi connectivity index (χ1v) is 8.26. The highest BCUT2D eigenvalue weighted by atomic mass is 16.2. The van der Waals surface area contributed by atoms with E-state index >= 15 is 0 Å². The van der Waals surface area contributed by atoms with Gasteiger partial charge in [0.25, 0.3) is 0 Å². The van der Waals surface area contributed by atoms with Crippen molar-refractivity contribution in [2.24, 2.45) is 0 Å². The van der Waals surface area contributed by atoms with Gasteiger partial charge in [-0.2, -0.15) is 0 Å². The third kappa shape index (κ3) is 2.69. The molecule has 1 aliphatic carbocycles.